The standard InChI is InChI=1S/C39H41Cl2F2N9O/c1-23(7-6-8-24(2)38(53)50-20-26(42)21-50)35(34-22-52(49-48-34)29-11-13-51(14-12-29)39(3,4)5)47-28-15-30-36(46-27-9-10-33(43)31(40)16-27)25(18-44)19-45-37(30)32(41)17-28/h6-10,15-17,19,22,26,29,35,47H,1,11-14,20-21H2,2-5H3,(H,45,46)/b7-6-,24-8+/t35-/m0/s1. The van der Waals surface area contributed by atoms with Crippen LogP contribution in [0.25, 0.3) is 10.9 Å². The highest BCUT2D eigenvalue weighted by Crippen LogP contribution is 2.37. The number of allylic oxidation sites excluding steroid dienone is 2. The van der Waals surface area contributed by atoms with Gasteiger partial charge in [0.05, 0.1) is 58.2 Å². The monoisotopic (exact) mass is 759 g/mol. The van der Waals surface area contributed by atoms with Gasteiger partial charge in [-0.05, 0) is 76.4 Å². The van der Waals surface area contributed by atoms with Crippen LogP contribution in [0.15, 0.2) is 78.7 Å². The van der Waals surface area contributed by atoms with Crippen molar-refractivity contribution in [3.05, 3.63) is 106 Å². The first-order valence-corrected chi connectivity index (χ1v) is 18.1. The number of pyridine rings is 1. The Labute approximate surface area is 317 Å². The van der Waals surface area contributed by atoms with Crippen LogP contribution in [0.1, 0.15) is 63.9 Å². The fourth-order valence-corrected chi connectivity index (χ4v) is 6.98. The minimum Gasteiger partial charge on any atom is -0.373 e. The van der Waals surface area contributed by atoms with E-state index in [9.17, 15) is 18.8 Å². The number of carbonyl (C=O) groups is 1. The summed E-state index contributed by atoms with van der Waals surface area (Å²) in [6, 6.07) is 9.49. The highest BCUT2D eigenvalue weighted by atomic mass is 35.5. The molecule has 2 fully saturated rings. The van der Waals surface area contributed by atoms with Gasteiger partial charge in [-0.2, -0.15) is 5.26 Å². The van der Waals surface area contributed by atoms with Crippen molar-refractivity contribution in [2.24, 2.45) is 0 Å². The number of hydrogen-bond donors (Lipinski definition) is 2. The van der Waals surface area contributed by atoms with Crippen molar-refractivity contribution in [2.75, 3.05) is 36.8 Å². The number of piperidine rings is 1. The second-order valence-electron chi connectivity index (χ2n) is 14.4. The van der Waals surface area contributed by atoms with Crippen molar-refractivity contribution in [1.82, 2.24) is 29.8 Å². The van der Waals surface area contributed by atoms with E-state index in [0.717, 1.165) is 25.9 Å². The summed E-state index contributed by atoms with van der Waals surface area (Å²) in [5.41, 5.74) is 3.94. The number of nitriles is 1. The summed E-state index contributed by atoms with van der Waals surface area (Å²) in [7, 11) is 0. The molecule has 6 rings (SSSR count). The Bertz CT molecular complexity index is 2140. The fraction of sp³-hybridized carbons (Fsp3) is 0.359. The van der Waals surface area contributed by atoms with Crippen molar-refractivity contribution < 1.29 is 13.6 Å². The lowest BCUT2D eigenvalue weighted by molar-refractivity contribution is -0.133. The smallest absolute Gasteiger partial charge is 0.249 e. The Balaban J connectivity index is 1.33. The van der Waals surface area contributed by atoms with Gasteiger partial charge >= 0.3 is 0 Å². The van der Waals surface area contributed by atoms with Gasteiger partial charge in [-0.1, -0.05) is 53.2 Å². The molecular weight excluding hydrogens is 719 g/mol. The number of likely N-dealkylation sites (tertiary alicyclic amines) is 2. The number of aromatic nitrogens is 4. The summed E-state index contributed by atoms with van der Waals surface area (Å²) in [5, 5.41) is 26.6. The summed E-state index contributed by atoms with van der Waals surface area (Å²) < 4.78 is 29.2. The first kappa shape index (κ1) is 37.9. The highest BCUT2D eigenvalue weighted by Gasteiger charge is 2.31. The summed E-state index contributed by atoms with van der Waals surface area (Å²) in [6.07, 6.45) is 9.43. The zero-order chi connectivity index (χ0) is 38.0. The van der Waals surface area contributed by atoms with Crippen LogP contribution in [0.2, 0.25) is 10.0 Å². The number of fused-ring (bicyclic) bond motifs is 1. The molecule has 0 aliphatic carbocycles. The van der Waals surface area contributed by atoms with Crippen molar-refractivity contribution in [3.8, 4) is 6.07 Å². The maximum Gasteiger partial charge on any atom is 0.249 e. The Morgan fingerprint density at radius 2 is 1.85 bits per heavy atom. The molecule has 1 atom stereocenters. The summed E-state index contributed by atoms with van der Waals surface area (Å²) >= 11 is 12.9. The second kappa shape index (κ2) is 15.6. The summed E-state index contributed by atoms with van der Waals surface area (Å²) in [4.78, 5) is 21.1. The van der Waals surface area contributed by atoms with E-state index in [1.807, 2.05) is 16.9 Å². The van der Waals surface area contributed by atoms with E-state index in [0.29, 0.717) is 49.8 Å². The lowest BCUT2D eigenvalue weighted by Crippen LogP contribution is -2.51. The molecule has 1 amide bonds. The first-order valence-electron chi connectivity index (χ1n) is 17.4. The number of nitrogens with zero attached hydrogens (tertiary/aromatic N) is 7. The molecule has 2 aromatic heterocycles. The average molecular weight is 761 g/mol. The molecule has 4 aromatic rings. The van der Waals surface area contributed by atoms with E-state index in [1.54, 1.807) is 31.2 Å². The predicted molar refractivity (Wildman–Crippen MR) is 206 cm³/mol. The zero-order valence-electron chi connectivity index (χ0n) is 30.0. The Morgan fingerprint density at radius 1 is 1.13 bits per heavy atom. The number of amides is 1. The highest BCUT2D eigenvalue weighted by molar-refractivity contribution is 6.36. The molecule has 2 N–H and O–H groups in total. The molecule has 0 bridgehead atoms. The van der Waals surface area contributed by atoms with Crippen molar-refractivity contribution >= 4 is 57.1 Å². The molecule has 276 valence electrons. The first-order chi connectivity index (χ1) is 25.2. The molecule has 14 heteroatoms. The third-order valence-electron chi connectivity index (χ3n) is 9.65. The largest absolute Gasteiger partial charge is 0.373 e. The molecule has 2 aromatic carbocycles. The van der Waals surface area contributed by atoms with Gasteiger partial charge in [-0.3, -0.25) is 14.7 Å². The van der Waals surface area contributed by atoms with Crippen LogP contribution in [-0.2, 0) is 4.79 Å². The quantitative estimate of drug-likeness (QED) is 0.122. The number of carbonyl (C=O) groups excluding carboxylic acids is 1. The van der Waals surface area contributed by atoms with E-state index in [4.69, 9.17) is 23.2 Å². The molecule has 2 saturated heterocycles. The SMILES string of the molecule is C=C(/C=C\C=C(/C)C(=O)N1CC(F)C1)[C@H](Nc1cc(Cl)c2ncc(C#N)c(Nc3ccc(F)c(Cl)c3)c2c1)c1cn(C2CCN(C(C)(C)C)CC2)nn1. The van der Waals surface area contributed by atoms with E-state index in [2.05, 4.69) is 64.2 Å². The molecule has 0 unspecified atom stereocenters. The van der Waals surface area contributed by atoms with Gasteiger partial charge in [0.1, 0.15) is 23.8 Å². The van der Waals surface area contributed by atoms with Gasteiger partial charge in [-0.25, -0.2) is 13.5 Å². The van der Waals surface area contributed by atoms with Crippen LogP contribution in [0.5, 0.6) is 0 Å². The molecule has 2 aliphatic heterocycles. The maximum atomic E-state index is 13.9. The number of halogens is 4. The number of alkyl halides is 1. The van der Waals surface area contributed by atoms with E-state index in [-0.39, 0.29) is 41.2 Å². The van der Waals surface area contributed by atoms with Gasteiger partial charge < -0.3 is 15.5 Å². The van der Waals surface area contributed by atoms with Crippen molar-refractivity contribution in [1.29, 1.82) is 5.26 Å². The number of nitrogens with one attached hydrogen (secondary N) is 2. The lowest BCUT2D eigenvalue weighted by Gasteiger charge is -2.40. The van der Waals surface area contributed by atoms with E-state index >= 15 is 0 Å². The van der Waals surface area contributed by atoms with E-state index < -0.39 is 18.0 Å². The van der Waals surface area contributed by atoms with Crippen LogP contribution in [0.4, 0.5) is 25.8 Å². The van der Waals surface area contributed by atoms with Gasteiger partial charge in [0.25, 0.3) is 0 Å². The Hall–Kier alpha value is -4.83. The topological polar surface area (TPSA) is 115 Å². The van der Waals surface area contributed by atoms with Gasteiger partial charge in [0, 0.05) is 47.2 Å². The Morgan fingerprint density at radius 3 is 2.51 bits per heavy atom. The number of benzene rings is 2. The normalized spacial score (nSPS) is 16.8. The Kier molecular flexibility index (Phi) is 11.2. The molecule has 4 heterocycles. The third kappa shape index (κ3) is 8.54. The summed E-state index contributed by atoms with van der Waals surface area (Å²) in [5.74, 6) is -0.782. The minimum atomic E-state index is -0.979. The molecule has 53 heavy (non-hydrogen) atoms. The van der Waals surface area contributed by atoms with Crippen LogP contribution in [0, 0.1) is 17.1 Å². The number of rotatable bonds is 10. The molecule has 0 spiro atoms. The van der Waals surface area contributed by atoms with Crippen LogP contribution >= 0.6 is 23.2 Å². The third-order valence-corrected chi connectivity index (χ3v) is 10.2. The molecule has 0 radical (unpaired) electrons. The van der Waals surface area contributed by atoms with Gasteiger partial charge in [0.2, 0.25) is 5.91 Å². The number of hydrogen-bond acceptors (Lipinski definition) is 8. The second-order valence-corrected chi connectivity index (χ2v) is 15.3. The average Bonchev–Trinajstić information content (AvgIpc) is 3.60. The van der Waals surface area contributed by atoms with Gasteiger partial charge in [-0.15, -0.1) is 5.10 Å². The zero-order valence-corrected chi connectivity index (χ0v) is 31.5. The van der Waals surface area contributed by atoms with Crippen molar-refractivity contribution in [2.45, 2.75) is 64.3 Å². The van der Waals surface area contributed by atoms with Crippen LogP contribution in [0.3, 0.4) is 0 Å². The summed E-state index contributed by atoms with van der Waals surface area (Å²) in [6.45, 7) is 14.8. The molecule has 10 nitrogen and oxygen atoms in total. The maximum absolute atomic E-state index is 13.9. The van der Waals surface area contributed by atoms with E-state index in [1.165, 1.54) is 29.3 Å². The lowest BCUT2D eigenvalue weighted by atomic mass is 9.98. The minimum absolute atomic E-state index is 0.0715. The van der Waals surface area contributed by atoms with Crippen LogP contribution < -0.4 is 10.6 Å². The molecule has 0 saturated carbocycles. The predicted octanol–water partition coefficient (Wildman–Crippen LogP) is 8.72. The fourth-order valence-electron chi connectivity index (χ4n) is 6.53. The van der Waals surface area contributed by atoms with Gasteiger partial charge in [0.15, 0.2) is 0 Å². The molecule has 2 aliphatic rings. The molecular formula is C39H41Cl2F2N9O. The number of anilines is 3. The van der Waals surface area contributed by atoms with Crippen LogP contribution in [-0.4, -0.2) is 73.6 Å². The van der Waals surface area contributed by atoms with Crippen molar-refractivity contribution in [3.63, 3.8) is 0 Å².